The molecule has 0 atom stereocenters. The maximum absolute atomic E-state index is 13.1. The molecule has 110 valence electrons. The van der Waals surface area contributed by atoms with Gasteiger partial charge in [0.1, 0.15) is 17.3 Å². The first-order valence-electron chi connectivity index (χ1n) is 6.32. The average Bonchev–Trinajstić information content (AvgIpc) is 2.45. The Kier molecular flexibility index (Phi) is 4.65. The number of hydrogen-bond donors (Lipinski definition) is 2. The maximum atomic E-state index is 13.1. The summed E-state index contributed by atoms with van der Waals surface area (Å²) >= 11 is 5.68. The average molecular weight is 309 g/mol. The van der Waals surface area contributed by atoms with Gasteiger partial charge in [-0.3, -0.25) is 4.79 Å². The Morgan fingerprint density at radius 1 is 1.33 bits per heavy atom. The summed E-state index contributed by atoms with van der Waals surface area (Å²) in [6.45, 7) is 2.36. The van der Waals surface area contributed by atoms with Crippen LogP contribution < -0.4 is 15.8 Å². The van der Waals surface area contributed by atoms with Crippen LogP contribution in [0, 0.1) is 5.82 Å². The van der Waals surface area contributed by atoms with Crippen molar-refractivity contribution in [2.75, 3.05) is 12.3 Å². The van der Waals surface area contributed by atoms with Crippen LogP contribution in [0.15, 0.2) is 36.4 Å². The third kappa shape index (κ3) is 3.64. The zero-order chi connectivity index (χ0) is 15.4. The lowest BCUT2D eigenvalue weighted by Crippen LogP contribution is -2.22. The lowest BCUT2D eigenvalue weighted by molar-refractivity contribution is 0.0956. The van der Waals surface area contributed by atoms with Gasteiger partial charge in [0, 0.05) is 18.2 Å². The highest BCUT2D eigenvalue weighted by Crippen LogP contribution is 2.30. The van der Waals surface area contributed by atoms with E-state index in [1.54, 1.807) is 12.1 Å². The van der Waals surface area contributed by atoms with Gasteiger partial charge in [0.15, 0.2) is 0 Å². The van der Waals surface area contributed by atoms with Gasteiger partial charge in [-0.1, -0.05) is 11.6 Å². The van der Waals surface area contributed by atoms with Crippen LogP contribution in [0.25, 0.3) is 0 Å². The molecule has 6 heteroatoms. The summed E-state index contributed by atoms with van der Waals surface area (Å²) in [5.74, 6) is -0.00580. The van der Waals surface area contributed by atoms with Crippen LogP contribution in [-0.2, 0) is 0 Å². The van der Waals surface area contributed by atoms with Crippen LogP contribution in [0.2, 0.25) is 5.02 Å². The van der Waals surface area contributed by atoms with Crippen molar-refractivity contribution in [2.45, 2.75) is 6.92 Å². The summed E-state index contributed by atoms with van der Waals surface area (Å²) < 4.78 is 18.6. The molecular formula is C15H14ClFN2O2. The van der Waals surface area contributed by atoms with Crippen LogP contribution in [0.1, 0.15) is 17.3 Å². The molecule has 0 fully saturated rings. The minimum atomic E-state index is -0.524. The van der Waals surface area contributed by atoms with Crippen molar-refractivity contribution < 1.29 is 13.9 Å². The Labute approximate surface area is 126 Å². The highest BCUT2D eigenvalue weighted by molar-refractivity contribution is 6.30. The Balaban J connectivity index is 2.21. The van der Waals surface area contributed by atoms with Gasteiger partial charge >= 0.3 is 0 Å². The fraction of sp³-hybridized carbons (Fsp3) is 0.133. The number of benzene rings is 2. The number of amides is 1. The molecule has 0 saturated carbocycles. The van der Waals surface area contributed by atoms with Gasteiger partial charge in [0.25, 0.3) is 5.91 Å². The van der Waals surface area contributed by atoms with Crippen LogP contribution in [0.3, 0.4) is 0 Å². The molecule has 2 aromatic rings. The van der Waals surface area contributed by atoms with Crippen LogP contribution in [-0.4, -0.2) is 12.5 Å². The van der Waals surface area contributed by atoms with E-state index in [0.29, 0.717) is 29.3 Å². The summed E-state index contributed by atoms with van der Waals surface area (Å²) in [5.41, 5.74) is 6.61. The second-order valence-corrected chi connectivity index (χ2v) is 4.70. The highest BCUT2D eigenvalue weighted by Gasteiger charge is 2.09. The molecule has 2 aromatic carbocycles. The van der Waals surface area contributed by atoms with E-state index in [4.69, 9.17) is 22.1 Å². The lowest BCUT2D eigenvalue weighted by atomic mass is 10.1. The third-order valence-electron chi connectivity index (χ3n) is 2.73. The molecule has 1 amide bonds. The van der Waals surface area contributed by atoms with Crippen LogP contribution >= 0.6 is 11.6 Å². The van der Waals surface area contributed by atoms with Gasteiger partial charge in [-0.15, -0.1) is 0 Å². The summed E-state index contributed by atoms with van der Waals surface area (Å²) in [6, 6.07) is 8.70. The number of halogens is 2. The van der Waals surface area contributed by atoms with E-state index in [1.165, 1.54) is 24.3 Å². The van der Waals surface area contributed by atoms with Crippen molar-refractivity contribution in [3.05, 3.63) is 52.8 Å². The van der Waals surface area contributed by atoms with Gasteiger partial charge in [-0.25, -0.2) is 4.39 Å². The lowest BCUT2D eigenvalue weighted by Gasteiger charge is -2.10. The first kappa shape index (κ1) is 15.1. The molecule has 0 bridgehead atoms. The van der Waals surface area contributed by atoms with E-state index in [2.05, 4.69) is 5.32 Å². The van der Waals surface area contributed by atoms with Gasteiger partial charge < -0.3 is 15.8 Å². The summed E-state index contributed by atoms with van der Waals surface area (Å²) in [5, 5.41) is 2.64. The topological polar surface area (TPSA) is 64.3 Å². The van der Waals surface area contributed by atoms with E-state index in [9.17, 15) is 9.18 Å². The molecule has 0 aliphatic heterocycles. The van der Waals surface area contributed by atoms with Gasteiger partial charge in [-0.05, 0) is 37.3 Å². The minimum Gasteiger partial charge on any atom is -0.455 e. The fourth-order valence-corrected chi connectivity index (χ4v) is 1.88. The third-order valence-corrected chi connectivity index (χ3v) is 3.02. The summed E-state index contributed by atoms with van der Waals surface area (Å²) in [4.78, 5) is 11.7. The monoisotopic (exact) mass is 308 g/mol. The summed E-state index contributed by atoms with van der Waals surface area (Å²) in [7, 11) is 0. The number of hydrogen-bond acceptors (Lipinski definition) is 3. The number of nitrogens with two attached hydrogens (primary N) is 1. The molecular weight excluding hydrogens is 295 g/mol. The van der Waals surface area contributed by atoms with Gasteiger partial charge in [0.2, 0.25) is 0 Å². The molecule has 2 rings (SSSR count). The molecule has 0 saturated heterocycles. The molecule has 21 heavy (non-hydrogen) atoms. The number of ether oxygens (including phenoxy) is 1. The first-order chi connectivity index (χ1) is 10.0. The van der Waals surface area contributed by atoms with E-state index < -0.39 is 5.82 Å². The zero-order valence-corrected chi connectivity index (χ0v) is 12.1. The van der Waals surface area contributed by atoms with Crippen molar-refractivity contribution in [1.29, 1.82) is 0 Å². The number of nitrogens with one attached hydrogen (secondary N) is 1. The van der Waals surface area contributed by atoms with Gasteiger partial charge in [0.05, 0.1) is 10.7 Å². The molecule has 0 aliphatic carbocycles. The summed E-state index contributed by atoms with van der Waals surface area (Å²) in [6.07, 6.45) is 0. The minimum absolute atomic E-state index is 0.0370. The molecule has 3 N–H and O–H groups in total. The number of carbonyl (C=O) groups excluding carboxylic acids is 1. The number of rotatable bonds is 4. The van der Waals surface area contributed by atoms with Crippen LogP contribution in [0.4, 0.5) is 10.1 Å². The van der Waals surface area contributed by atoms with Crippen molar-refractivity contribution >= 4 is 23.2 Å². The molecule has 4 nitrogen and oxygen atoms in total. The van der Waals surface area contributed by atoms with E-state index >= 15 is 0 Å². The molecule has 0 spiro atoms. The molecule has 0 radical (unpaired) electrons. The Morgan fingerprint density at radius 3 is 2.71 bits per heavy atom. The molecule has 0 aliphatic rings. The van der Waals surface area contributed by atoms with Crippen molar-refractivity contribution in [2.24, 2.45) is 0 Å². The zero-order valence-electron chi connectivity index (χ0n) is 11.3. The number of nitrogen functional groups attached to an aromatic ring is 1. The second kappa shape index (κ2) is 6.45. The van der Waals surface area contributed by atoms with Crippen molar-refractivity contribution in [3.63, 3.8) is 0 Å². The predicted molar refractivity (Wildman–Crippen MR) is 80.3 cm³/mol. The van der Waals surface area contributed by atoms with Crippen molar-refractivity contribution in [1.82, 2.24) is 5.32 Å². The van der Waals surface area contributed by atoms with Crippen LogP contribution in [0.5, 0.6) is 11.5 Å². The fourth-order valence-electron chi connectivity index (χ4n) is 1.71. The first-order valence-corrected chi connectivity index (χ1v) is 6.69. The maximum Gasteiger partial charge on any atom is 0.251 e. The van der Waals surface area contributed by atoms with E-state index in [1.807, 2.05) is 6.92 Å². The van der Waals surface area contributed by atoms with E-state index in [-0.39, 0.29) is 10.9 Å². The Morgan fingerprint density at radius 2 is 2.10 bits per heavy atom. The Hall–Kier alpha value is -2.27. The quantitative estimate of drug-likeness (QED) is 0.848. The molecule has 0 unspecified atom stereocenters. The largest absolute Gasteiger partial charge is 0.455 e. The predicted octanol–water partition coefficient (Wildman–Crippen LogP) is 3.60. The molecule has 0 aromatic heterocycles. The van der Waals surface area contributed by atoms with E-state index in [0.717, 1.165) is 0 Å². The number of carbonyl (C=O) groups is 1. The van der Waals surface area contributed by atoms with Gasteiger partial charge in [-0.2, -0.15) is 0 Å². The van der Waals surface area contributed by atoms with Crippen molar-refractivity contribution in [3.8, 4) is 11.5 Å². The normalized spacial score (nSPS) is 10.2. The standard InChI is InChI=1S/C15H14ClFN2O2/c1-2-19-15(20)9-3-6-14(13(18)7-9)21-10-4-5-12(17)11(16)8-10/h3-8H,2,18H2,1H3,(H,19,20). The second-order valence-electron chi connectivity index (χ2n) is 4.29. The highest BCUT2D eigenvalue weighted by atomic mass is 35.5. The number of anilines is 1. The smallest absolute Gasteiger partial charge is 0.251 e. The SMILES string of the molecule is CCNC(=O)c1ccc(Oc2ccc(F)c(Cl)c2)c(N)c1. The Bertz CT molecular complexity index is 677. The molecule has 0 heterocycles.